The van der Waals surface area contributed by atoms with Crippen molar-refractivity contribution in [1.82, 2.24) is 0 Å². The van der Waals surface area contributed by atoms with Crippen LogP contribution in [0.4, 0.5) is 11.4 Å². The van der Waals surface area contributed by atoms with Crippen LogP contribution in [0.1, 0.15) is 37.6 Å². The maximum absolute atomic E-state index is 13.1. The molecule has 1 N–H and O–H groups in total. The molecule has 3 rings (SSSR count). The molecule has 1 atom stereocenters. The Morgan fingerprint density at radius 2 is 1.68 bits per heavy atom. The first kappa shape index (κ1) is 14.6. The Hall–Kier alpha value is -2.29. The third-order valence-corrected chi connectivity index (χ3v) is 4.08. The molecule has 2 aromatic carbocycles. The number of anilines is 2. The van der Waals surface area contributed by atoms with Gasteiger partial charge in [-0.15, -0.1) is 0 Å². The van der Waals surface area contributed by atoms with E-state index < -0.39 is 5.66 Å². The van der Waals surface area contributed by atoms with E-state index in [2.05, 4.69) is 26.1 Å². The normalized spacial score (nSPS) is 20.7. The van der Waals surface area contributed by atoms with Crippen molar-refractivity contribution in [3.8, 4) is 0 Å². The van der Waals surface area contributed by atoms with Gasteiger partial charge in [-0.1, -0.05) is 44.2 Å². The van der Waals surface area contributed by atoms with Crippen molar-refractivity contribution in [2.45, 2.75) is 32.9 Å². The molecule has 3 nitrogen and oxygen atoms in total. The molecule has 1 heterocycles. The van der Waals surface area contributed by atoms with E-state index in [-0.39, 0.29) is 5.91 Å². The largest absolute Gasteiger partial charge is 0.362 e. The summed E-state index contributed by atoms with van der Waals surface area (Å²) in [5.74, 6) is 0.533. The zero-order valence-electron chi connectivity index (χ0n) is 13.3. The summed E-state index contributed by atoms with van der Waals surface area (Å²) in [6.07, 6.45) is 0.877. The van der Waals surface area contributed by atoms with Crippen LogP contribution >= 0.6 is 0 Å². The second-order valence-electron chi connectivity index (χ2n) is 6.52. The molecular weight excluding hydrogens is 272 g/mol. The highest BCUT2D eigenvalue weighted by Crippen LogP contribution is 2.37. The molecule has 0 aliphatic carbocycles. The van der Waals surface area contributed by atoms with E-state index in [0.29, 0.717) is 5.92 Å². The van der Waals surface area contributed by atoms with Gasteiger partial charge in [0, 0.05) is 11.4 Å². The lowest BCUT2D eigenvalue weighted by Crippen LogP contribution is -2.59. The third kappa shape index (κ3) is 2.47. The van der Waals surface area contributed by atoms with E-state index in [0.717, 1.165) is 23.4 Å². The summed E-state index contributed by atoms with van der Waals surface area (Å²) in [5, 5.41) is 3.59. The summed E-state index contributed by atoms with van der Waals surface area (Å²) >= 11 is 0. The maximum atomic E-state index is 13.1. The molecule has 3 heteroatoms. The van der Waals surface area contributed by atoms with Crippen LogP contribution in [0.15, 0.2) is 54.6 Å². The fourth-order valence-corrected chi connectivity index (χ4v) is 3.39. The minimum atomic E-state index is -0.430. The van der Waals surface area contributed by atoms with Crippen LogP contribution in [0.5, 0.6) is 0 Å². The van der Waals surface area contributed by atoms with E-state index in [1.165, 1.54) is 0 Å². The number of nitrogens with one attached hydrogen (secondary N) is 1. The molecule has 0 saturated carbocycles. The summed E-state index contributed by atoms with van der Waals surface area (Å²) < 4.78 is 0. The zero-order valence-corrected chi connectivity index (χ0v) is 13.3. The number of carbonyl (C=O) groups excluding carboxylic acids is 1. The Kier molecular flexibility index (Phi) is 3.65. The van der Waals surface area contributed by atoms with Crippen LogP contribution in [-0.4, -0.2) is 11.6 Å². The molecule has 0 aromatic heterocycles. The number of amides is 1. The third-order valence-electron chi connectivity index (χ3n) is 4.08. The minimum Gasteiger partial charge on any atom is -0.362 e. The molecule has 1 aliphatic heterocycles. The van der Waals surface area contributed by atoms with Crippen molar-refractivity contribution in [3.05, 3.63) is 60.2 Å². The number of benzene rings is 2. The van der Waals surface area contributed by atoms with E-state index in [1.807, 2.05) is 59.5 Å². The Morgan fingerprint density at radius 3 is 2.36 bits per heavy atom. The Labute approximate surface area is 132 Å². The minimum absolute atomic E-state index is 0.0590. The second kappa shape index (κ2) is 5.48. The van der Waals surface area contributed by atoms with Gasteiger partial charge in [0.2, 0.25) is 0 Å². The van der Waals surface area contributed by atoms with Gasteiger partial charge in [0.25, 0.3) is 5.91 Å². The molecule has 0 saturated heterocycles. The van der Waals surface area contributed by atoms with E-state index in [4.69, 9.17) is 0 Å². The number of para-hydroxylation sites is 2. The first-order chi connectivity index (χ1) is 10.5. The standard InChI is InChI=1S/C19H22N2O/c1-14(2)13-19(3)20-17-12-8-7-11-16(17)18(22)21(19)15-9-5-4-6-10-15/h4-12,14,20H,13H2,1-3H3. The van der Waals surface area contributed by atoms with Crippen molar-refractivity contribution < 1.29 is 4.79 Å². The fourth-order valence-electron chi connectivity index (χ4n) is 3.39. The van der Waals surface area contributed by atoms with Crippen molar-refractivity contribution in [2.24, 2.45) is 5.92 Å². The van der Waals surface area contributed by atoms with Gasteiger partial charge >= 0.3 is 0 Å². The van der Waals surface area contributed by atoms with Crippen LogP contribution in [0.25, 0.3) is 0 Å². The van der Waals surface area contributed by atoms with Gasteiger partial charge in [-0.3, -0.25) is 9.69 Å². The van der Waals surface area contributed by atoms with Crippen LogP contribution in [0.3, 0.4) is 0 Å². The van der Waals surface area contributed by atoms with Gasteiger partial charge in [-0.2, -0.15) is 0 Å². The van der Waals surface area contributed by atoms with Gasteiger partial charge < -0.3 is 5.32 Å². The molecule has 1 aliphatic rings. The van der Waals surface area contributed by atoms with Gasteiger partial charge in [-0.05, 0) is 43.5 Å². The molecule has 1 unspecified atom stereocenters. The quantitative estimate of drug-likeness (QED) is 0.902. The average Bonchev–Trinajstić information content (AvgIpc) is 2.47. The summed E-state index contributed by atoms with van der Waals surface area (Å²) in [6, 6.07) is 17.6. The van der Waals surface area contributed by atoms with Gasteiger partial charge in [0.05, 0.1) is 5.56 Å². The molecule has 0 fully saturated rings. The first-order valence-corrected chi connectivity index (χ1v) is 7.78. The van der Waals surface area contributed by atoms with Gasteiger partial charge in [0.1, 0.15) is 5.66 Å². The summed E-state index contributed by atoms with van der Waals surface area (Å²) in [6.45, 7) is 6.47. The van der Waals surface area contributed by atoms with E-state index >= 15 is 0 Å². The Morgan fingerprint density at radius 1 is 1.05 bits per heavy atom. The van der Waals surface area contributed by atoms with E-state index in [9.17, 15) is 4.79 Å². The Balaban J connectivity index is 2.13. The summed E-state index contributed by atoms with van der Waals surface area (Å²) in [7, 11) is 0. The highest BCUT2D eigenvalue weighted by molar-refractivity contribution is 6.12. The predicted molar refractivity (Wildman–Crippen MR) is 91.2 cm³/mol. The number of hydrogen-bond acceptors (Lipinski definition) is 2. The zero-order chi connectivity index (χ0) is 15.7. The first-order valence-electron chi connectivity index (χ1n) is 7.78. The van der Waals surface area contributed by atoms with Crippen molar-refractivity contribution in [2.75, 3.05) is 10.2 Å². The molecule has 0 spiro atoms. The lowest BCUT2D eigenvalue weighted by molar-refractivity contribution is 0.0951. The number of fused-ring (bicyclic) bond motifs is 1. The maximum Gasteiger partial charge on any atom is 0.262 e. The average molecular weight is 294 g/mol. The number of rotatable bonds is 3. The van der Waals surface area contributed by atoms with Gasteiger partial charge in [-0.25, -0.2) is 0 Å². The molecule has 0 bridgehead atoms. The van der Waals surface area contributed by atoms with Crippen molar-refractivity contribution in [1.29, 1.82) is 0 Å². The summed E-state index contributed by atoms with van der Waals surface area (Å²) in [5.41, 5.74) is 2.15. The van der Waals surface area contributed by atoms with Crippen LogP contribution in [0.2, 0.25) is 0 Å². The molecule has 0 radical (unpaired) electrons. The molecule has 22 heavy (non-hydrogen) atoms. The van der Waals surface area contributed by atoms with Gasteiger partial charge in [0.15, 0.2) is 0 Å². The lowest BCUT2D eigenvalue weighted by atomic mass is 9.92. The highest BCUT2D eigenvalue weighted by Gasteiger charge is 2.42. The SMILES string of the molecule is CC(C)CC1(C)Nc2ccccc2C(=O)N1c1ccccc1. The number of carbonyl (C=O) groups is 1. The van der Waals surface area contributed by atoms with Crippen molar-refractivity contribution in [3.63, 3.8) is 0 Å². The smallest absolute Gasteiger partial charge is 0.262 e. The Bertz CT molecular complexity index is 681. The van der Waals surface area contributed by atoms with Crippen molar-refractivity contribution >= 4 is 17.3 Å². The number of nitrogens with zero attached hydrogens (tertiary/aromatic N) is 1. The highest BCUT2D eigenvalue weighted by atomic mass is 16.2. The molecule has 1 amide bonds. The van der Waals surface area contributed by atoms with E-state index in [1.54, 1.807) is 0 Å². The lowest BCUT2D eigenvalue weighted by Gasteiger charge is -2.47. The molecule has 114 valence electrons. The monoisotopic (exact) mass is 294 g/mol. The second-order valence-corrected chi connectivity index (χ2v) is 6.52. The molecule has 2 aromatic rings. The molecular formula is C19H22N2O. The van der Waals surface area contributed by atoms with Crippen LogP contribution in [-0.2, 0) is 0 Å². The topological polar surface area (TPSA) is 32.3 Å². The number of hydrogen-bond donors (Lipinski definition) is 1. The summed E-state index contributed by atoms with van der Waals surface area (Å²) in [4.78, 5) is 15.0. The van der Waals surface area contributed by atoms with Crippen LogP contribution in [0, 0.1) is 5.92 Å². The fraction of sp³-hybridized carbons (Fsp3) is 0.316. The van der Waals surface area contributed by atoms with Crippen LogP contribution < -0.4 is 10.2 Å². The predicted octanol–water partition coefficient (Wildman–Crippen LogP) is 4.52.